The van der Waals surface area contributed by atoms with Gasteiger partial charge in [0.2, 0.25) is 5.91 Å². The molecule has 0 aliphatic carbocycles. The van der Waals surface area contributed by atoms with Crippen LogP contribution in [0.5, 0.6) is 11.5 Å². The first-order valence-corrected chi connectivity index (χ1v) is 12.4. The number of hydrogen-bond donors (Lipinski definition) is 1. The zero-order valence-electron chi connectivity index (χ0n) is 21.3. The molecule has 186 valence electrons. The number of amides is 2. The van der Waals surface area contributed by atoms with Gasteiger partial charge in [-0.05, 0) is 77.0 Å². The summed E-state index contributed by atoms with van der Waals surface area (Å²) in [6, 6.07) is 12.7. The lowest BCUT2D eigenvalue weighted by atomic mass is 9.87. The van der Waals surface area contributed by atoms with Gasteiger partial charge in [0.05, 0.1) is 11.6 Å². The molecule has 6 nitrogen and oxygen atoms in total. The van der Waals surface area contributed by atoms with Crippen molar-refractivity contribution in [1.29, 1.82) is 0 Å². The lowest BCUT2D eigenvalue weighted by molar-refractivity contribution is -0.143. The number of rotatable bonds is 10. The molecule has 0 aliphatic rings. The molecule has 0 fully saturated rings. The van der Waals surface area contributed by atoms with Gasteiger partial charge in [-0.2, -0.15) is 0 Å². The Hall–Kier alpha value is -2.54. The lowest BCUT2D eigenvalue weighted by Crippen LogP contribution is -2.51. The first-order valence-electron chi connectivity index (χ1n) is 11.6. The largest absolute Gasteiger partial charge is 0.497 e. The second-order valence-electron chi connectivity index (χ2n) is 9.64. The summed E-state index contributed by atoms with van der Waals surface area (Å²) in [7, 11) is 1.61. The Morgan fingerprint density at radius 3 is 2.24 bits per heavy atom. The van der Waals surface area contributed by atoms with E-state index in [1.165, 1.54) is 0 Å². The molecule has 2 rings (SSSR count). The van der Waals surface area contributed by atoms with Crippen molar-refractivity contribution < 1.29 is 19.1 Å². The average Bonchev–Trinajstić information content (AvgIpc) is 2.77. The number of hydrogen-bond acceptors (Lipinski definition) is 4. The van der Waals surface area contributed by atoms with Crippen LogP contribution in [0.1, 0.15) is 59.1 Å². The smallest absolute Gasteiger partial charge is 0.261 e. The number of carbonyl (C=O) groups is 2. The number of carbonyl (C=O) groups excluding carboxylic acids is 2. The van der Waals surface area contributed by atoms with Crippen molar-refractivity contribution in [2.45, 2.75) is 72.0 Å². The van der Waals surface area contributed by atoms with E-state index in [0.717, 1.165) is 21.3 Å². The van der Waals surface area contributed by atoms with Gasteiger partial charge < -0.3 is 19.7 Å². The molecule has 0 heterocycles. The van der Waals surface area contributed by atoms with E-state index in [-0.39, 0.29) is 29.9 Å². The van der Waals surface area contributed by atoms with Crippen LogP contribution in [0.3, 0.4) is 0 Å². The molecule has 2 aromatic carbocycles. The zero-order valence-corrected chi connectivity index (χ0v) is 22.9. The number of ether oxygens (including phenoxy) is 2. The third-order valence-electron chi connectivity index (χ3n) is 5.48. The van der Waals surface area contributed by atoms with E-state index in [0.29, 0.717) is 18.7 Å². The molecule has 0 aromatic heterocycles. The van der Waals surface area contributed by atoms with Crippen LogP contribution in [-0.4, -0.2) is 42.5 Å². The zero-order chi connectivity index (χ0) is 25.5. The molecule has 1 N–H and O–H groups in total. The average molecular weight is 534 g/mol. The Labute approximate surface area is 212 Å². The Kier molecular flexibility index (Phi) is 9.98. The normalized spacial score (nSPS) is 12.3. The molecule has 7 heteroatoms. The fraction of sp³-hybridized carbons (Fsp3) is 0.481. The molecule has 0 saturated heterocycles. The minimum Gasteiger partial charge on any atom is -0.497 e. The van der Waals surface area contributed by atoms with Crippen molar-refractivity contribution in [2.24, 2.45) is 0 Å². The predicted octanol–water partition coefficient (Wildman–Crippen LogP) is 5.47. The third kappa shape index (κ3) is 7.76. The van der Waals surface area contributed by atoms with Gasteiger partial charge in [0.25, 0.3) is 5.91 Å². The van der Waals surface area contributed by atoms with Crippen LogP contribution in [0.2, 0.25) is 0 Å². The summed E-state index contributed by atoms with van der Waals surface area (Å²) < 4.78 is 11.9. The van der Waals surface area contributed by atoms with E-state index in [2.05, 4.69) is 42.0 Å². The van der Waals surface area contributed by atoms with E-state index in [1.54, 1.807) is 12.0 Å². The quantitative estimate of drug-likeness (QED) is 0.440. The minimum atomic E-state index is -0.604. The molecule has 0 bridgehead atoms. The fourth-order valence-corrected chi connectivity index (χ4v) is 4.03. The lowest BCUT2D eigenvalue weighted by Gasteiger charge is -2.31. The summed E-state index contributed by atoms with van der Waals surface area (Å²) >= 11 is 3.56. The van der Waals surface area contributed by atoms with Crippen LogP contribution >= 0.6 is 15.9 Å². The maximum absolute atomic E-state index is 13.4. The summed E-state index contributed by atoms with van der Waals surface area (Å²) in [6.45, 7) is 12.3. The first-order chi connectivity index (χ1) is 16.0. The topological polar surface area (TPSA) is 67.9 Å². The van der Waals surface area contributed by atoms with Crippen LogP contribution in [0.15, 0.2) is 46.9 Å². The molecule has 1 atom stereocenters. The van der Waals surface area contributed by atoms with E-state index in [4.69, 9.17) is 9.47 Å². The number of nitrogens with one attached hydrogen (secondary N) is 1. The molecule has 2 aromatic rings. The van der Waals surface area contributed by atoms with Gasteiger partial charge in [-0.3, -0.25) is 9.59 Å². The summed E-state index contributed by atoms with van der Waals surface area (Å²) in [6.07, 6.45) is 0.490. The molecule has 0 spiro atoms. The number of benzene rings is 2. The summed E-state index contributed by atoms with van der Waals surface area (Å²) in [4.78, 5) is 27.9. The Morgan fingerprint density at radius 2 is 1.74 bits per heavy atom. The Morgan fingerprint density at radius 1 is 1.09 bits per heavy atom. The highest BCUT2D eigenvalue weighted by Gasteiger charge is 2.29. The van der Waals surface area contributed by atoms with Gasteiger partial charge in [-0.15, -0.1) is 0 Å². The molecule has 1 unspecified atom stereocenters. The third-order valence-corrected chi connectivity index (χ3v) is 6.10. The second kappa shape index (κ2) is 12.2. The van der Waals surface area contributed by atoms with Crippen LogP contribution in [0.4, 0.5) is 0 Å². The highest BCUT2D eigenvalue weighted by atomic mass is 79.9. The first kappa shape index (κ1) is 27.7. The minimum absolute atomic E-state index is 0.00412. The number of methoxy groups -OCH3 is 1. The fourth-order valence-electron chi connectivity index (χ4n) is 3.53. The predicted molar refractivity (Wildman–Crippen MR) is 139 cm³/mol. The van der Waals surface area contributed by atoms with Crippen molar-refractivity contribution in [3.8, 4) is 11.5 Å². The van der Waals surface area contributed by atoms with Gasteiger partial charge in [-0.1, -0.05) is 45.9 Å². The van der Waals surface area contributed by atoms with E-state index in [1.807, 2.05) is 63.2 Å². The molecular weight excluding hydrogens is 496 g/mol. The van der Waals surface area contributed by atoms with Gasteiger partial charge in [0, 0.05) is 12.6 Å². The van der Waals surface area contributed by atoms with Crippen LogP contribution < -0.4 is 14.8 Å². The van der Waals surface area contributed by atoms with Crippen molar-refractivity contribution >= 4 is 27.7 Å². The van der Waals surface area contributed by atoms with Crippen LogP contribution in [0, 0.1) is 0 Å². The van der Waals surface area contributed by atoms with Gasteiger partial charge >= 0.3 is 0 Å². The summed E-state index contributed by atoms with van der Waals surface area (Å²) in [5.41, 5.74) is 2.07. The maximum Gasteiger partial charge on any atom is 0.261 e. The molecule has 2 amide bonds. The monoisotopic (exact) mass is 532 g/mol. The molecule has 34 heavy (non-hydrogen) atoms. The molecule has 0 saturated carbocycles. The maximum atomic E-state index is 13.4. The van der Waals surface area contributed by atoms with Crippen molar-refractivity contribution in [2.75, 3.05) is 13.7 Å². The van der Waals surface area contributed by atoms with Crippen molar-refractivity contribution in [3.63, 3.8) is 0 Å². The van der Waals surface area contributed by atoms with Gasteiger partial charge in [0.15, 0.2) is 6.61 Å². The van der Waals surface area contributed by atoms with E-state index < -0.39 is 6.04 Å². The highest BCUT2D eigenvalue weighted by molar-refractivity contribution is 9.10. The van der Waals surface area contributed by atoms with Crippen molar-refractivity contribution in [1.82, 2.24) is 10.2 Å². The standard InChI is InChI=1S/C27H37BrN2O4/c1-8-23(26(32)29-18(2)3)30(16-19-9-12-21(33-7)13-10-19)25(31)17-34-24-14-11-20(15-22(24)28)27(4,5)6/h9-15,18,23H,8,16-17H2,1-7H3,(H,29,32). The number of halogens is 1. The second-order valence-corrected chi connectivity index (χ2v) is 10.5. The van der Waals surface area contributed by atoms with Gasteiger partial charge in [-0.25, -0.2) is 0 Å². The van der Waals surface area contributed by atoms with E-state index in [9.17, 15) is 9.59 Å². The van der Waals surface area contributed by atoms with Crippen molar-refractivity contribution in [3.05, 3.63) is 58.1 Å². The molecular formula is C27H37BrN2O4. The Balaban J connectivity index is 2.24. The molecule has 0 radical (unpaired) electrons. The Bertz CT molecular complexity index is 968. The van der Waals surface area contributed by atoms with Gasteiger partial charge in [0.1, 0.15) is 17.5 Å². The number of nitrogens with zero attached hydrogens (tertiary/aromatic N) is 1. The van der Waals surface area contributed by atoms with Crippen LogP contribution in [-0.2, 0) is 21.5 Å². The summed E-state index contributed by atoms with van der Waals surface area (Å²) in [5.74, 6) is 0.895. The van der Waals surface area contributed by atoms with Crippen LogP contribution in [0.25, 0.3) is 0 Å². The van der Waals surface area contributed by atoms with E-state index >= 15 is 0 Å². The highest BCUT2D eigenvalue weighted by Crippen LogP contribution is 2.31. The summed E-state index contributed by atoms with van der Waals surface area (Å²) in [5, 5.41) is 2.94. The molecule has 0 aliphatic heterocycles. The SMILES string of the molecule is CCC(C(=O)NC(C)C)N(Cc1ccc(OC)cc1)C(=O)COc1ccc(C(C)(C)C)cc1Br.